The summed E-state index contributed by atoms with van der Waals surface area (Å²) < 4.78 is 6.02. The van der Waals surface area contributed by atoms with Crippen molar-refractivity contribution in [2.45, 2.75) is 24.9 Å². The third-order valence-corrected chi connectivity index (χ3v) is 4.44. The van der Waals surface area contributed by atoms with E-state index in [0.717, 1.165) is 17.3 Å². The van der Waals surface area contributed by atoms with Crippen molar-refractivity contribution in [3.05, 3.63) is 22.6 Å². The molecule has 1 aliphatic rings. The zero-order valence-electron chi connectivity index (χ0n) is 9.95. The van der Waals surface area contributed by atoms with Crippen LogP contribution in [0.5, 0.6) is 0 Å². The Bertz CT molecular complexity index is 415. The highest BCUT2D eigenvalue weighted by Gasteiger charge is 2.36. The van der Waals surface area contributed by atoms with Gasteiger partial charge in [-0.3, -0.25) is 4.79 Å². The second-order valence-electron chi connectivity index (χ2n) is 4.36. The average molecular weight is 334 g/mol. The first-order valence-electron chi connectivity index (χ1n) is 5.93. The first-order valence-corrected chi connectivity index (χ1v) is 7.87. The van der Waals surface area contributed by atoms with Crippen LogP contribution in [0.2, 0.25) is 0 Å². The first kappa shape index (κ1) is 14.0. The summed E-state index contributed by atoms with van der Waals surface area (Å²) in [5.41, 5.74) is -1.17. The quantitative estimate of drug-likeness (QED) is 0.884. The lowest BCUT2D eigenvalue weighted by Crippen LogP contribution is -2.49. The third kappa shape index (κ3) is 3.52. The number of nitrogens with one attached hydrogen (secondary N) is 1. The molecule has 1 amide bonds. The average Bonchev–Trinajstić information content (AvgIpc) is 2.76. The Morgan fingerprint density at radius 1 is 1.50 bits per heavy atom. The molecule has 0 unspecified atom stereocenters. The van der Waals surface area contributed by atoms with E-state index in [2.05, 4.69) is 21.2 Å². The molecule has 4 nitrogen and oxygen atoms in total. The minimum absolute atomic E-state index is 0.256. The van der Waals surface area contributed by atoms with Crippen LogP contribution >= 0.6 is 27.7 Å². The molecule has 1 fully saturated rings. The maximum atomic E-state index is 11.9. The van der Waals surface area contributed by atoms with E-state index in [1.165, 1.54) is 0 Å². The molecule has 0 radical (unpaired) electrons. The molecule has 2 heterocycles. The molecule has 0 atom stereocenters. The van der Waals surface area contributed by atoms with Crippen LogP contribution in [0, 0.1) is 0 Å². The lowest BCUT2D eigenvalue weighted by molar-refractivity contribution is -0.140. The van der Waals surface area contributed by atoms with Crippen molar-refractivity contribution in [3.8, 4) is 0 Å². The van der Waals surface area contributed by atoms with Crippen molar-refractivity contribution >= 4 is 33.6 Å². The minimum Gasteiger partial charge on any atom is -0.454 e. The topological polar surface area (TPSA) is 62.5 Å². The Hall–Kier alpha value is -0.460. The molecule has 0 aliphatic carbocycles. The molecule has 6 heteroatoms. The smallest absolute Gasteiger partial charge is 0.252 e. The van der Waals surface area contributed by atoms with E-state index < -0.39 is 5.60 Å². The highest BCUT2D eigenvalue weighted by molar-refractivity contribution is 9.10. The van der Waals surface area contributed by atoms with Crippen LogP contribution in [0.15, 0.2) is 21.2 Å². The largest absolute Gasteiger partial charge is 0.454 e. The Morgan fingerprint density at radius 3 is 2.83 bits per heavy atom. The van der Waals surface area contributed by atoms with E-state index in [4.69, 9.17) is 4.42 Å². The molecule has 1 aliphatic heterocycles. The van der Waals surface area contributed by atoms with E-state index in [0.29, 0.717) is 30.5 Å². The summed E-state index contributed by atoms with van der Waals surface area (Å²) in [5, 5.41) is 13.0. The van der Waals surface area contributed by atoms with Gasteiger partial charge in [-0.2, -0.15) is 11.8 Å². The molecule has 0 aromatic carbocycles. The Labute approximate surface area is 119 Å². The fourth-order valence-corrected chi connectivity index (χ4v) is 3.39. The standard InChI is InChI=1S/C12H16BrNO3S/c13-10-2-1-9(17-10)3-6-14-11(15)12(16)4-7-18-8-5-12/h1-2,16H,3-8H2,(H,14,15). The monoisotopic (exact) mass is 333 g/mol. The first-order chi connectivity index (χ1) is 8.60. The second kappa shape index (κ2) is 6.12. The van der Waals surface area contributed by atoms with Gasteiger partial charge in [0.1, 0.15) is 11.4 Å². The molecule has 1 aromatic heterocycles. The van der Waals surface area contributed by atoms with E-state index >= 15 is 0 Å². The van der Waals surface area contributed by atoms with Crippen LogP contribution in [0.25, 0.3) is 0 Å². The van der Waals surface area contributed by atoms with Crippen LogP contribution in [-0.4, -0.2) is 34.7 Å². The Kier molecular flexibility index (Phi) is 4.75. The van der Waals surface area contributed by atoms with Crippen LogP contribution < -0.4 is 5.32 Å². The lowest BCUT2D eigenvalue weighted by atomic mass is 9.96. The zero-order chi connectivity index (χ0) is 13.0. The molecular weight excluding hydrogens is 318 g/mol. The van der Waals surface area contributed by atoms with Gasteiger partial charge in [0.05, 0.1) is 0 Å². The number of thioether (sulfide) groups is 1. The van der Waals surface area contributed by atoms with Gasteiger partial charge in [-0.1, -0.05) is 0 Å². The summed E-state index contributed by atoms with van der Waals surface area (Å²) in [6.07, 6.45) is 1.70. The Morgan fingerprint density at radius 2 is 2.22 bits per heavy atom. The predicted molar refractivity (Wildman–Crippen MR) is 74.6 cm³/mol. The molecule has 1 saturated heterocycles. The van der Waals surface area contributed by atoms with Crippen molar-refractivity contribution < 1.29 is 14.3 Å². The van der Waals surface area contributed by atoms with Crippen molar-refractivity contribution in [2.24, 2.45) is 0 Å². The summed E-state index contributed by atoms with van der Waals surface area (Å²) in [7, 11) is 0. The van der Waals surface area contributed by atoms with Gasteiger partial charge in [-0.15, -0.1) is 0 Å². The van der Waals surface area contributed by atoms with Gasteiger partial charge in [0.15, 0.2) is 4.67 Å². The number of amides is 1. The highest BCUT2D eigenvalue weighted by atomic mass is 79.9. The van der Waals surface area contributed by atoms with E-state index in [9.17, 15) is 9.90 Å². The normalized spacial score (nSPS) is 18.6. The van der Waals surface area contributed by atoms with Crippen LogP contribution in [0.4, 0.5) is 0 Å². The van der Waals surface area contributed by atoms with E-state index in [1.54, 1.807) is 11.8 Å². The zero-order valence-corrected chi connectivity index (χ0v) is 12.3. The number of carbonyl (C=O) groups excluding carboxylic acids is 1. The van der Waals surface area contributed by atoms with Crippen molar-refractivity contribution in [3.63, 3.8) is 0 Å². The molecule has 2 rings (SSSR count). The van der Waals surface area contributed by atoms with Gasteiger partial charge < -0.3 is 14.8 Å². The van der Waals surface area contributed by atoms with Crippen molar-refractivity contribution in [2.75, 3.05) is 18.1 Å². The van der Waals surface area contributed by atoms with Gasteiger partial charge in [-0.25, -0.2) is 0 Å². The number of aliphatic hydroxyl groups is 1. The van der Waals surface area contributed by atoms with Gasteiger partial charge in [0, 0.05) is 13.0 Å². The Balaban J connectivity index is 1.77. The maximum absolute atomic E-state index is 11.9. The van der Waals surface area contributed by atoms with E-state index in [-0.39, 0.29) is 5.91 Å². The van der Waals surface area contributed by atoms with Gasteiger partial charge in [0.2, 0.25) is 0 Å². The van der Waals surface area contributed by atoms with Crippen molar-refractivity contribution in [1.82, 2.24) is 5.32 Å². The fourth-order valence-electron chi connectivity index (χ4n) is 1.89. The highest BCUT2D eigenvalue weighted by Crippen LogP contribution is 2.26. The molecule has 0 saturated carbocycles. The van der Waals surface area contributed by atoms with Gasteiger partial charge in [0.25, 0.3) is 5.91 Å². The van der Waals surface area contributed by atoms with E-state index in [1.807, 2.05) is 12.1 Å². The summed E-state index contributed by atoms with van der Waals surface area (Å²) >= 11 is 5.01. The summed E-state index contributed by atoms with van der Waals surface area (Å²) in [5.74, 6) is 2.24. The van der Waals surface area contributed by atoms with Gasteiger partial charge >= 0.3 is 0 Å². The summed E-state index contributed by atoms with van der Waals surface area (Å²) in [4.78, 5) is 11.9. The van der Waals surface area contributed by atoms with Crippen LogP contribution in [0.3, 0.4) is 0 Å². The third-order valence-electron chi connectivity index (χ3n) is 3.03. The van der Waals surface area contributed by atoms with Crippen LogP contribution in [-0.2, 0) is 11.2 Å². The summed E-state index contributed by atoms with van der Waals surface area (Å²) in [6.45, 7) is 0.480. The number of hydrogen-bond acceptors (Lipinski definition) is 4. The molecule has 0 bridgehead atoms. The van der Waals surface area contributed by atoms with Crippen molar-refractivity contribution in [1.29, 1.82) is 0 Å². The molecule has 100 valence electrons. The molecule has 0 spiro atoms. The molecule has 18 heavy (non-hydrogen) atoms. The molecular formula is C12H16BrNO3S. The maximum Gasteiger partial charge on any atom is 0.252 e. The lowest BCUT2D eigenvalue weighted by Gasteiger charge is -2.30. The molecule has 1 aromatic rings. The summed E-state index contributed by atoms with van der Waals surface area (Å²) in [6, 6.07) is 3.69. The van der Waals surface area contributed by atoms with Gasteiger partial charge in [-0.05, 0) is 52.4 Å². The number of halogens is 1. The SMILES string of the molecule is O=C(NCCc1ccc(Br)o1)C1(O)CCSCC1. The number of rotatable bonds is 4. The minimum atomic E-state index is -1.17. The van der Waals surface area contributed by atoms with Crippen LogP contribution in [0.1, 0.15) is 18.6 Å². The predicted octanol–water partition coefficient (Wildman–Crippen LogP) is 1.96. The fraction of sp³-hybridized carbons (Fsp3) is 0.583. The number of furan rings is 1. The number of carbonyl (C=O) groups is 1. The molecule has 2 N–H and O–H groups in total. The second-order valence-corrected chi connectivity index (χ2v) is 6.36. The number of hydrogen-bond donors (Lipinski definition) is 2.